The van der Waals surface area contributed by atoms with Crippen LogP contribution in [0.2, 0.25) is 0 Å². The van der Waals surface area contributed by atoms with E-state index in [1.165, 1.54) is 102 Å². The summed E-state index contributed by atoms with van der Waals surface area (Å²) in [6.07, 6.45) is 1.53. The zero-order valence-electron chi connectivity index (χ0n) is 78.3. The van der Waals surface area contributed by atoms with Crippen LogP contribution in [0.1, 0.15) is 195 Å². The summed E-state index contributed by atoms with van der Waals surface area (Å²) in [6.45, 7) is 16.7. The van der Waals surface area contributed by atoms with Gasteiger partial charge in [-0.25, -0.2) is 76.7 Å². The Morgan fingerprint density at radius 2 is 0.685 bits per heavy atom. The van der Waals surface area contributed by atoms with Crippen molar-refractivity contribution in [3.63, 3.8) is 0 Å². The van der Waals surface area contributed by atoms with Crippen molar-refractivity contribution >= 4 is 254 Å². The quantitative estimate of drug-likeness (QED) is 0.00778. The van der Waals surface area contributed by atoms with E-state index in [1.807, 2.05) is 33.8 Å². The molecule has 49 heteroatoms. The summed E-state index contributed by atoms with van der Waals surface area (Å²) in [5.74, 6) is -16.3. The molecule has 11 aromatic carbocycles. The molecule has 0 spiro atoms. The lowest BCUT2D eigenvalue weighted by molar-refractivity contribution is 0.00578. The number of aliphatic hydroxyl groups excluding tert-OH is 1. The number of aliphatic hydroxyl groups is 1. The third-order valence-electron chi connectivity index (χ3n) is 21.6. The maximum atomic E-state index is 15.0. The number of hydrogen-bond donors (Lipinski definition) is 5. The van der Waals surface area contributed by atoms with Gasteiger partial charge in [0.15, 0.2) is 23.6 Å². The highest BCUT2D eigenvalue weighted by molar-refractivity contribution is 14.1. The Bertz CT molecular complexity index is 6650. The molecule has 0 saturated carbocycles. The third-order valence-corrected chi connectivity index (χ3v) is 26.7. The summed E-state index contributed by atoms with van der Waals surface area (Å²) in [6, 6.07) is 31.5. The van der Waals surface area contributed by atoms with Gasteiger partial charge in [0.25, 0.3) is 0 Å². The second-order valence-electron chi connectivity index (χ2n) is 32.8. The van der Waals surface area contributed by atoms with Gasteiger partial charge in [-0.3, -0.25) is 19.2 Å². The van der Waals surface area contributed by atoms with E-state index >= 15 is 4.39 Å². The van der Waals surface area contributed by atoms with Gasteiger partial charge in [-0.15, -0.1) is 0 Å². The van der Waals surface area contributed by atoms with Crippen molar-refractivity contribution in [1.29, 1.82) is 0 Å². The molecule has 0 bridgehead atoms. The van der Waals surface area contributed by atoms with E-state index in [0.717, 1.165) is 76.9 Å². The summed E-state index contributed by atoms with van der Waals surface area (Å²) in [4.78, 5) is 107. The summed E-state index contributed by atoms with van der Waals surface area (Å²) in [7, 11) is -0.253. The second-order valence-corrected chi connectivity index (χ2v) is 41.0. The van der Waals surface area contributed by atoms with E-state index in [-0.39, 0.29) is 100 Å². The molecular weight excluding hydrogens is 2590 g/mol. The van der Waals surface area contributed by atoms with E-state index in [2.05, 4.69) is 169 Å². The number of benzene rings is 11. The van der Waals surface area contributed by atoms with Crippen molar-refractivity contribution in [1.82, 2.24) is 0 Å². The van der Waals surface area contributed by atoms with Gasteiger partial charge in [0, 0.05) is 99.8 Å². The Labute approximate surface area is 910 Å². The first-order valence-electron chi connectivity index (χ1n) is 41.9. The number of ketones is 3. The first-order valence-corrected chi connectivity index (χ1v) is 49.3. The summed E-state index contributed by atoms with van der Waals surface area (Å²) in [5, 5.41) is 47.1. The summed E-state index contributed by atoms with van der Waals surface area (Å²) < 4.78 is 217. The number of methoxy groups -OCH3 is 5. The van der Waals surface area contributed by atoms with Crippen molar-refractivity contribution in [2.24, 2.45) is 0 Å². The Morgan fingerprint density at radius 1 is 0.356 bits per heavy atom. The van der Waals surface area contributed by atoms with Crippen LogP contribution in [0.5, 0.6) is 0 Å². The lowest BCUT2D eigenvalue weighted by atomic mass is 9.75. The fraction of sp³-hybridized carbons (Fsp3) is 0.227. The topological polar surface area (TPSA) is 347 Å². The van der Waals surface area contributed by atoms with E-state index in [0.29, 0.717) is 62.7 Å². The molecule has 11 aromatic rings. The number of carbonyl (C=O) groups is 9. The first kappa shape index (κ1) is 124. The molecule has 3 aliphatic heterocycles. The highest BCUT2D eigenvalue weighted by atomic mass is 127. The molecule has 1 atom stereocenters. The summed E-state index contributed by atoms with van der Waals surface area (Å²) in [5.41, 5.74) is -4.49. The highest BCUT2D eigenvalue weighted by Crippen LogP contribution is 2.40. The zero-order chi connectivity index (χ0) is 110. The number of ether oxygens (including phenoxy) is 6. The van der Waals surface area contributed by atoms with Crippen LogP contribution in [-0.4, -0.2) is 178 Å². The minimum absolute atomic E-state index is 0.0250. The van der Waals surface area contributed by atoms with Crippen molar-refractivity contribution < 1.29 is 168 Å². The number of hydrogen-bond acceptors (Lipinski definition) is 24. The molecule has 3 fully saturated rings. The van der Waals surface area contributed by atoms with Gasteiger partial charge in [0.05, 0.1) is 130 Å². The molecule has 3 aliphatic rings. The first-order chi connectivity index (χ1) is 68.1. The van der Waals surface area contributed by atoms with Crippen molar-refractivity contribution in [3.05, 3.63) is 351 Å². The van der Waals surface area contributed by atoms with Crippen LogP contribution in [-0.2, 0) is 47.0 Å². The smallest absolute Gasteiger partial charge is 0.465 e. The average molecular weight is 2670 g/mol. The number of rotatable bonds is 18. The molecule has 14 rings (SSSR count). The molecule has 772 valence electrons. The van der Waals surface area contributed by atoms with Crippen LogP contribution < -0.4 is 21.9 Å². The van der Waals surface area contributed by atoms with Gasteiger partial charge in [0.1, 0.15) is 75.9 Å². The minimum Gasteiger partial charge on any atom is -0.465 e. The monoisotopic (exact) mass is 2660 g/mol. The zero-order valence-corrected chi connectivity index (χ0v) is 93.2. The number of aldehydes is 1. The van der Waals surface area contributed by atoms with Crippen molar-refractivity contribution in [2.45, 2.75) is 96.7 Å². The Balaban J connectivity index is 0.000000239. The van der Waals surface area contributed by atoms with E-state index in [9.17, 15) is 107 Å². The molecule has 0 aromatic heterocycles. The molecule has 1 unspecified atom stereocenters. The maximum absolute atomic E-state index is 15.0. The van der Waals surface area contributed by atoms with Gasteiger partial charge in [0.2, 0.25) is 0 Å². The van der Waals surface area contributed by atoms with Gasteiger partial charge >= 0.3 is 58.3 Å². The fourth-order valence-corrected chi connectivity index (χ4v) is 17.3. The Morgan fingerprint density at radius 3 is 1.11 bits per heavy atom. The third kappa shape index (κ3) is 33.3. The van der Waals surface area contributed by atoms with Crippen LogP contribution in [0.4, 0.5) is 52.7 Å². The minimum atomic E-state index is -2.28. The predicted molar refractivity (Wildman–Crippen MR) is 552 cm³/mol. The summed E-state index contributed by atoms with van der Waals surface area (Å²) >= 11 is 26.3. The molecule has 3 saturated heterocycles. The predicted octanol–water partition coefficient (Wildman–Crippen LogP) is 20.5. The van der Waals surface area contributed by atoms with Gasteiger partial charge in [-0.05, 0) is 302 Å². The lowest BCUT2D eigenvalue weighted by Crippen LogP contribution is -2.41. The standard InChI is InChI=1S/C27H32B2F2O7.C15H12B2F2O7.C15H10Br2F2O3.C15H8Br2F2O3.C8H6BrIO2.C7H3BrF2O.C6H2Br2F2.C4H8O/c1-24(2)25(3,4)36-28(35-24)17-11-15(10-16(12-17)23(33)34-9)22(32)18-13-19(21(31)14-20(18)30)29-37-26(5,6)27(7,8)38-29;1-26-15(21)8-2-7(3-9(4-8)16(22)23)14(20)10-5-11(17(24)25)13(19)6-12(10)18;2*1-22-15(21)8-2-7(3-9(16)4-8)14(20)10-5-11(17)13(19)6-12(10)18;1-12-8(11)5-2-6(9)4-7(10)3-5;8-5-1-4(3-11)6(9)2-7(5)10;7-3-1-4(8)6(10)2-5(3)9;1-2-4-5-3-1/h10-14H,1-9H3;2-6,22-25H,1H3;2-6,14,20H,1H3;2-6H,1H3;2-4H,1H3;1-3H;1-2H;1-4H2. The molecule has 0 amide bonds. The van der Waals surface area contributed by atoms with Gasteiger partial charge < -0.3 is 72.2 Å². The number of halogens is 21. The van der Waals surface area contributed by atoms with Crippen molar-refractivity contribution in [3.8, 4) is 0 Å². The highest BCUT2D eigenvalue weighted by Gasteiger charge is 2.54. The van der Waals surface area contributed by atoms with Gasteiger partial charge in [-0.1, -0.05) is 59.9 Å². The number of carbonyl (C=O) groups excluding carboxylic acids is 9. The van der Waals surface area contributed by atoms with Crippen LogP contribution in [0.25, 0.3) is 0 Å². The average Bonchev–Trinajstić information content (AvgIpc) is 1.60. The lowest BCUT2D eigenvalue weighted by Gasteiger charge is -2.32. The maximum Gasteiger partial charge on any atom is 0.497 e. The molecular formula is C97H81B4Br8F12IO24. The second kappa shape index (κ2) is 54.7. The van der Waals surface area contributed by atoms with E-state index in [1.54, 1.807) is 39.8 Å². The van der Waals surface area contributed by atoms with Crippen molar-refractivity contribution in [2.75, 3.05) is 48.8 Å². The van der Waals surface area contributed by atoms with E-state index in [4.69, 9.17) is 38.1 Å². The van der Waals surface area contributed by atoms with E-state index < -0.39 is 185 Å². The SMILES string of the molecule is C1CCOC1.COC(=O)c1cc(B(O)O)cc(C(=O)c2cc(B(O)O)c(F)cc2F)c1.COC(=O)c1cc(B2OC(C)(C)C(C)(C)O2)cc(C(=O)c2cc(B3OC(C)(C)C(C)(C)O3)c(F)cc2F)c1.COC(=O)c1cc(Br)cc(C(=O)c2cc(Br)c(F)cc2F)c1.COC(=O)c1cc(Br)cc(C(O)c2cc(Br)c(F)cc2F)c1.COC(=O)c1cc(Br)cc(I)c1.Fc1cc(F)c(Br)cc1Br.O=Cc1cc(Br)c(F)cc1F. The largest absolute Gasteiger partial charge is 0.497 e. The van der Waals surface area contributed by atoms with Crippen LogP contribution in [0, 0.1) is 73.4 Å². The Hall–Kier alpha value is -8.96. The molecule has 5 N–H and O–H groups in total. The molecule has 146 heavy (non-hydrogen) atoms. The molecule has 0 radical (unpaired) electrons. The molecule has 24 nitrogen and oxygen atoms in total. The number of esters is 5. The van der Waals surface area contributed by atoms with Crippen LogP contribution in [0.3, 0.4) is 0 Å². The normalized spacial score (nSPS) is 13.7. The Kier molecular flexibility index (Phi) is 46.4. The fourth-order valence-electron chi connectivity index (χ4n) is 12.6. The van der Waals surface area contributed by atoms with Gasteiger partial charge in [-0.2, -0.15) is 0 Å². The van der Waals surface area contributed by atoms with Crippen LogP contribution in [0.15, 0.2) is 200 Å². The van der Waals surface area contributed by atoms with Crippen LogP contribution >= 0.6 is 150 Å². The molecule has 3 heterocycles. The molecule has 0 aliphatic carbocycles.